The minimum Gasteiger partial charge on any atom is -0.395 e. The van der Waals surface area contributed by atoms with E-state index in [4.69, 9.17) is 53.5 Å². The van der Waals surface area contributed by atoms with E-state index in [1.165, 1.54) is 0 Å². The Kier molecular flexibility index (Phi) is 12.6. The van der Waals surface area contributed by atoms with Crippen molar-refractivity contribution in [3.8, 4) is 0 Å². The Hall–Kier alpha value is 1.39. The van der Waals surface area contributed by atoms with Crippen LogP contribution in [0.2, 0.25) is 57.9 Å². The fourth-order valence-electron chi connectivity index (χ4n) is 15.0. The minimum atomic E-state index is -4.59. The maximum atomic E-state index is 11.9. The summed E-state index contributed by atoms with van der Waals surface area (Å²) in [5, 5.41) is 11.9. The molecule has 0 amide bonds. The van der Waals surface area contributed by atoms with E-state index in [0.717, 1.165) is 180 Å². The van der Waals surface area contributed by atoms with Crippen LogP contribution in [0.5, 0.6) is 0 Å². The van der Waals surface area contributed by atoms with Crippen LogP contribution in [-0.2, 0) is 53.5 Å². The summed E-state index contributed by atoms with van der Waals surface area (Å²) < 4.78 is 109. The zero-order valence-corrected chi connectivity index (χ0v) is 49.0. The fraction of sp³-hybridized carbons (Fsp3) is 1.00. The number of rotatable bonds is 12. The predicted octanol–water partition coefficient (Wildman–Crippen LogP) is 11.3. The first kappa shape index (κ1) is 47.4. The minimum absolute atomic E-state index is 0.00590. The second-order valence-electron chi connectivity index (χ2n) is 23.7. The van der Waals surface area contributed by atoms with Gasteiger partial charge in [-0.3, -0.25) is 0 Å². The molecule has 368 valence electrons. The van der Waals surface area contributed by atoms with Gasteiger partial charge in [0, 0.05) is 38.8 Å². The van der Waals surface area contributed by atoms with Gasteiger partial charge in [-0.1, -0.05) is 96.8 Å². The molecule has 23 heteroatoms. The molecule has 1 unspecified atom stereocenters. The summed E-state index contributed by atoms with van der Waals surface area (Å²) in [5.41, 5.74) is -1.08. The first-order chi connectivity index (χ1) is 31.2. The Morgan fingerprint density at radius 1 is 0.385 bits per heavy atom. The Morgan fingerprint density at radius 2 is 0.569 bits per heavy atom. The molecule has 6 heterocycles. The molecule has 6 aliphatic heterocycles. The largest absolute Gasteiger partial charge is 0.646 e. The van der Waals surface area contributed by atoms with Gasteiger partial charge in [0.25, 0.3) is 0 Å². The van der Waals surface area contributed by atoms with Crippen molar-refractivity contribution in [1.29, 1.82) is 0 Å². The van der Waals surface area contributed by atoms with Crippen LogP contribution in [0.25, 0.3) is 0 Å². The van der Waals surface area contributed by atoms with Crippen LogP contribution in [0.3, 0.4) is 0 Å². The average molecular weight is 1060 g/mol. The van der Waals surface area contributed by atoms with Gasteiger partial charge >= 0.3 is 70.7 Å². The van der Waals surface area contributed by atoms with E-state index < -0.39 is 84.6 Å². The molecule has 14 nitrogen and oxygen atoms in total. The Morgan fingerprint density at radius 3 is 0.754 bits per heavy atom. The molecule has 13 fully saturated rings. The lowest BCUT2D eigenvalue weighted by Crippen LogP contribution is -2.91. The SMILES string of the molecule is CCC(C)(O)C[Si](C)(C)O[Si]12O[Si]3(C4CCCC4)O[Si]4(C5CCCC5)O[Si](C5CCCC5)(O1)O[Si]1(C5CCCC5)O[Si](C5CCCC5)(O2)O[Si](C2CCCC2)(O3)O[Si](C2CCCC2)(O4)O1. The van der Waals surface area contributed by atoms with Crippen molar-refractivity contribution in [2.45, 2.75) is 264 Å². The van der Waals surface area contributed by atoms with Crippen molar-refractivity contribution >= 4 is 79.0 Å². The van der Waals surface area contributed by atoms with Crippen LogP contribution in [0.4, 0.5) is 0 Å². The van der Waals surface area contributed by atoms with Gasteiger partial charge in [-0.25, -0.2) is 0 Å². The van der Waals surface area contributed by atoms with Crippen LogP contribution in [0.15, 0.2) is 0 Å². The molecule has 0 aromatic rings. The molecule has 13 aliphatic rings. The van der Waals surface area contributed by atoms with Gasteiger partial charge in [0.1, 0.15) is 0 Å². The molecule has 7 saturated carbocycles. The van der Waals surface area contributed by atoms with E-state index >= 15 is 0 Å². The highest BCUT2D eigenvalue weighted by Gasteiger charge is 2.89. The normalized spacial score (nSPS) is 47.2. The molecule has 13 rings (SSSR count). The Balaban J connectivity index is 1.18. The molecular formula is C42H80O14Si9. The van der Waals surface area contributed by atoms with Gasteiger partial charge in [0.2, 0.25) is 0 Å². The van der Waals surface area contributed by atoms with Crippen LogP contribution in [-0.4, -0.2) is 89.7 Å². The topological polar surface area (TPSA) is 140 Å². The second kappa shape index (κ2) is 17.2. The average Bonchev–Trinajstić information content (AvgIpc) is 4.10. The number of hydrogen-bond donors (Lipinski definition) is 1. The summed E-state index contributed by atoms with van der Waals surface area (Å²) in [6, 6.07) is 0.466. The quantitative estimate of drug-likeness (QED) is 0.185. The van der Waals surface area contributed by atoms with Gasteiger partial charge in [-0.2, -0.15) is 0 Å². The zero-order chi connectivity index (χ0) is 44.4. The van der Waals surface area contributed by atoms with E-state index in [1.807, 2.05) is 13.8 Å². The summed E-state index contributed by atoms with van der Waals surface area (Å²) in [6.45, 7) is 8.36. The van der Waals surface area contributed by atoms with Gasteiger partial charge in [-0.05, 0) is 122 Å². The van der Waals surface area contributed by atoms with Gasteiger partial charge in [0.15, 0.2) is 8.32 Å². The third-order valence-electron chi connectivity index (χ3n) is 18.3. The standard InChI is InChI=1S/C42H80O14Si9/c1-5-42(2,43)34-57(3,4)44-65-54-62(39-28-14-15-29-39)48-59(36-22-8-9-23-36)45-58(35-20-6-7-21-35)46-60(50-62,37-24-10-11-25-37)52-64(56-65,41-32-18-19-33-41)53-61(47-58,38-26-12-13-27-38)51-63(49-59,55-65)40-30-16-17-31-40/h35-41,43H,5-34H2,1-4H3. The molecule has 0 aromatic carbocycles. The van der Waals surface area contributed by atoms with Crippen molar-refractivity contribution in [2.24, 2.45) is 0 Å². The molecule has 0 aromatic heterocycles. The summed E-state index contributed by atoms with van der Waals surface area (Å²) in [5.74, 6) is 0. The molecule has 0 radical (unpaired) electrons. The summed E-state index contributed by atoms with van der Waals surface area (Å²) >= 11 is 0. The van der Waals surface area contributed by atoms with Gasteiger partial charge < -0.3 is 58.6 Å². The van der Waals surface area contributed by atoms with Gasteiger partial charge in [0.05, 0.1) is 5.60 Å². The number of hydrogen-bond acceptors (Lipinski definition) is 14. The summed E-state index contributed by atoms with van der Waals surface area (Å²) in [4.78, 5) is 0. The van der Waals surface area contributed by atoms with Crippen LogP contribution < -0.4 is 0 Å². The van der Waals surface area contributed by atoms with E-state index in [-0.39, 0.29) is 38.8 Å². The molecule has 0 spiro atoms. The molecule has 1 atom stereocenters. The fourth-order valence-corrected chi connectivity index (χ4v) is 75.0. The van der Waals surface area contributed by atoms with E-state index in [2.05, 4.69) is 13.1 Å². The maximum Gasteiger partial charge on any atom is 0.646 e. The second-order valence-corrected chi connectivity index (χ2v) is 53.4. The predicted molar refractivity (Wildman–Crippen MR) is 259 cm³/mol. The first-order valence-electron chi connectivity index (χ1n) is 27.0. The van der Waals surface area contributed by atoms with Crippen LogP contribution in [0, 0.1) is 0 Å². The number of aliphatic hydroxyl groups is 1. The highest BCUT2D eigenvalue weighted by Crippen LogP contribution is 2.66. The van der Waals surface area contributed by atoms with Gasteiger partial charge in [-0.15, -0.1) is 0 Å². The van der Waals surface area contributed by atoms with Crippen molar-refractivity contribution in [3.05, 3.63) is 0 Å². The van der Waals surface area contributed by atoms with Crippen molar-refractivity contribution < 1.29 is 58.6 Å². The molecule has 1 N–H and O–H groups in total. The third-order valence-corrected chi connectivity index (χ3v) is 61.1. The first-order valence-corrected chi connectivity index (χ1v) is 44.4. The van der Waals surface area contributed by atoms with Crippen molar-refractivity contribution in [1.82, 2.24) is 0 Å². The van der Waals surface area contributed by atoms with E-state index in [9.17, 15) is 5.11 Å². The maximum absolute atomic E-state index is 11.9. The zero-order valence-electron chi connectivity index (χ0n) is 40.0. The molecule has 7 aliphatic carbocycles. The third kappa shape index (κ3) is 8.17. The highest BCUT2D eigenvalue weighted by molar-refractivity contribution is 7.04. The highest BCUT2D eigenvalue weighted by atomic mass is 28.6. The lowest BCUT2D eigenvalue weighted by Gasteiger charge is -2.66. The Labute approximate surface area is 399 Å². The monoisotopic (exact) mass is 1060 g/mol. The van der Waals surface area contributed by atoms with Crippen LogP contribution >= 0.6 is 0 Å². The summed E-state index contributed by atoms with van der Waals surface area (Å²) in [6.07, 6.45) is 28.6. The van der Waals surface area contributed by atoms with Crippen molar-refractivity contribution in [2.75, 3.05) is 0 Å². The Bertz CT molecular complexity index is 1570. The molecule has 65 heavy (non-hydrogen) atoms. The molecular weight excluding hydrogens is 981 g/mol. The van der Waals surface area contributed by atoms with Crippen LogP contribution in [0.1, 0.15) is 200 Å². The lowest BCUT2D eigenvalue weighted by molar-refractivity contribution is -0.0612. The van der Waals surface area contributed by atoms with Crippen molar-refractivity contribution in [3.63, 3.8) is 0 Å². The molecule has 6 saturated heterocycles. The lowest BCUT2D eigenvalue weighted by atomic mass is 10.1. The van der Waals surface area contributed by atoms with E-state index in [1.54, 1.807) is 0 Å². The smallest absolute Gasteiger partial charge is 0.395 e. The molecule has 8 bridgehead atoms. The summed E-state index contributed by atoms with van der Waals surface area (Å²) in [7, 11) is -35.9. The van der Waals surface area contributed by atoms with E-state index in [0.29, 0.717) is 12.5 Å².